The first-order chi connectivity index (χ1) is 8.27. The van der Waals surface area contributed by atoms with Crippen molar-refractivity contribution in [3.8, 4) is 0 Å². The molecular weight excluding hydrogens is 261 g/mol. The smallest absolute Gasteiger partial charge is 0.240 e. The molecule has 0 aliphatic carbocycles. The van der Waals surface area contributed by atoms with Crippen molar-refractivity contribution in [3.63, 3.8) is 0 Å². The van der Waals surface area contributed by atoms with Gasteiger partial charge in [-0.05, 0) is 25.2 Å². The van der Waals surface area contributed by atoms with Gasteiger partial charge in [-0.3, -0.25) is 4.79 Å². The lowest BCUT2D eigenvalue weighted by Crippen LogP contribution is -2.31. The molecule has 0 unspecified atom stereocenters. The number of nitrogens with one attached hydrogen (secondary N) is 1. The Balaban J connectivity index is 3.11. The van der Waals surface area contributed by atoms with Crippen LogP contribution in [0.5, 0.6) is 0 Å². The highest BCUT2D eigenvalue weighted by atomic mass is 32.2. The van der Waals surface area contributed by atoms with Crippen molar-refractivity contribution >= 4 is 21.6 Å². The highest BCUT2D eigenvalue weighted by Gasteiger charge is 2.16. The average Bonchev–Trinajstić information content (AvgIpc) is 2.27. The van der Waals surface area contributed by atoms with E-state index < -0.39 is 21.7 Å². The van der Waals surface area contributed by atoms with Gasteiger partial charge in [0.2, 0.25) is 15.9 Å². The first kappa shape index (κ1) is 14.4. The number of primary amides is 1. The van der Waals surface area contributed by atoms with Gasteiger partial charge in [0.1, 0.15) is 5.82 Å². The second kappa shape index (κ2) is 5.32. The zero-order valence-corrected chi connectivity index (χ0v) is 10.8. The molecule has 0 saturated heterocycles. The van der Waals surface area contributed by atoms with E-state index in [1.54, 1.807) is 0 Å². The van der Waals surface area contributed by atoms with Gasteiger partial charge >= 0.3 is 0 Å². The number of carbonyl (C=O) groups excluding carboxylic acids is 1. The summed E-state index contributed by atoms with van der Waals surface area (Å²) in [5.41, 5.74) is 5.09. The number of rotatable bonds is 5. The molecule has 18 heavy (non-hydrogen) atoms. The molecule has 8 heteroatoms. The summed E-state index contributed by atoms with van der Waals surface area (Å²) in [6.45, 7) is -0.158. The summed E-state index contributed by atoms with van der Waals surface area (Å²) in [7, 11) is -0.968. The highest BCUT2D eigenvalue weighted by Crippen LogP contribution is 2.21. The predicted molar refractivity (Wildman–Crippen MR) is 65.1 cm³/mol. The Labute approximate surface area is 105 Å². The number of carbonyl (C=O) groups is 1. The largest absolute Gasteiger partial charge is 0.368 e. The van der Waals surface area contributed by atoms with Gasteiger partial charge in [0.25, 0.3) is 0 Å². The molecule has 100 valence electrons. The minimum Gasteiger partial charge on any atom is -0.368 e. The molecule has 3 N–H and O–H groups in total. The highest BCUT2D eigenvalue weighted by molar-refractivity contribution is 7.89. The summed E-state index contributed by atoms with van der Waals surface area (Å²) in [6.07, 6.45) is 0. The Hall–Kier alpha value is -1.67. The van der Waals surface area contributed by atoms with Crippen LogP contribution in [0.2, 0.25) is 0 Å². The fraction of sp³-hybridized carbons (Fsp3) is 0.300. The van der Waals surface area contributed by atoms with E-state index in [9.17, 15) is 17.6 Å². The first-order valence-corrected chi connectivity index (χ1v) is 6.49. The number of sulfonamides is 1. The van der Waals surface area contributed by atoms with Gasteiger partial charge in [-0.2, -0.15) is 0 Å². The van der Waals surface area contributed by atoms with Crippen LogP contribution < -0.4 is 15.4 Å². The number of halogens is 1. The van der Waals surface area contributed by atoms with Gasteiger partial charge in [-0.25, -0.2) is 17.5 Å². The molecule has 0 atom stereocenters. The third-order valence-corrected chi connectivity index (χ3v) is 3.71. The lowest BCUT2D eigenvalue weighted by atomic mass is 10.3. The topological polar surface area (TPSA) is 92.5 Å². The number of anilines is 1. The van der Waals surface area contributed by atoms with E-state index in [1.165, 1.54) is 31.1 Å². The van der Waals surface area contributed by atoms with Crippen molar-refractivity contribution in [3.05, 3.63) is 24.0 Å². The molecule has 0 bridgehead atoms. The molecule has 0 spiro atoms. The van der Waals surface area contributed by atoms with E-state index in [0.29, 0.717) is 0 Å². The number of amides is 1. The molecule has 0 radical (unpaired) electrons. The van der Waals surface area contributed by atoms with Gasteiger partial charge in [0, 0.05) is 7.05 Å². The van der Waals surface area contributed by atoms with E-state index in [2.05, 4.69) is 4.72 Å². The number of benzene rings is 1. The second-order valence-corrected chi connectivity index (χ2v) is 5.53. The molecule has 0 aromatic heterocycles. The maximum absolute atomic E-state index is 13.7. The van der Waals surface area contributed by atoms with Crippen molar-refractivity contribution in [2.45, 2.75) is 4.90 Å². The van der Waals surface area contributed by atoms with Crippen molar-refractivity contribution in [2.75, 3.05) is 25.5 Å². The van der Waals surface area contributed by atoms with Crippen LogP contribution in [0.15, 0.2) is 23.1 Å². The molecule has 1 aromatic rings. The normalized spacial score (nSPS) is 11.3. The Morgan fingerprint density at radius 3 is 2.56 bits per heavy atom. The maximum Gasteiger partial charge on any atom is 0.240 e. The standard InChI is InChI=1S/C10H14FN3O3S/c1-13-18(16,17)7-3-4-9(8(11)5-7)14(2)6-10(12)15/h3-5,13H,6H2,1-2H3,(H2,12,15). The van der Waals surface area contributed by atoms with Crippen LogP contribution in [-0.2, 0) is 14.8 Å². The number of nitrogens with zero attached hydrogens (tertiary/aromatic N) is 1. The van der Waals surface area contributed by atoms with E-state index >= 15 is 0 Å². The maximum atomic E-state index is 13.7. The summed E-state index contributed by atoms with van der Waals surface area (Å²) in [5.74, 6) is -1.35. The fourth-order valence-corrected chi connectivity index (χ4v) is 2.14. The van der Waals surface area contributed by atoms with E-state index in [4.69, 9.17) is 5.73 Å². The van der Waals surface area contributed by atoms with Crippen LogP contribution in [0.25, 0.3) is 0 Å². The Kier molecular flexibility index (Phi) is 4.25. The molecule has 0 fully saturated rings. The lowest BCUT2D eigenvalue weighted by Gasteiger charge is -2.18. The van der Waals surface area contributed by atoms with Crippen LogP contribution in [0, 0.1) is 5.82 Å². The summed E-state index contributed by atoms with van der Waals surface area (Å²) in [5, 5.41) is 0. The zero-order valence-electron chi connectivity index (χ0n) is 9.97. The third kappa shape index (κ3) is 3.17. The van der Waals surface area contributed by atoms with Crippen molar-refractivity contribution in [2.24, 2.45) is 5.73 Å². The van der Waals surface area contributed by atoms with Gasteiger partial charge in [-0.15, -0.1) is 0 Å². The monoisotopic (exact) mass is 275 g/mol. The molecule has 0 aliphatic heterocycles. The lowest BCUT2D eigenvalue weighted by molar-refractivity contribution is -0.116. The molecular formula is C10H14FN3O3S. The van der Waals surface area contributed by atoms with Gasteiger partial charge in [0.15, 0.2) is 0 Å². The van der Waals surface area contributed by atoms with Crippen LogP contribution >= 0.6 is 0 Å². The first-order valence-electron chi connectivity index (χ1n) is 5.00. The SMILES string of the molecule is CNS(=O)(=O)c1ccc(N(C)CC(N)=O)c(F)c1. The van der Waals surface area contributed by atoms with Crippen LogP contribution in [0.4, 0.5) is 10.1 Å². The quantitative estimate of drug-likeness (QED) is 0.768. The van der Waals surface area contributed by atoms with Crippen LogP contribution in [-0.4, -0.2) is 35.0 Å². The predicted octanol–water partition coefficient (Wildman–Crippen LogP) is -0.345. The molecule has 0 aliphatic rings. The Bertz CT molecular complexity index is 559. The van der Waals surface area contributed by atoms with Crippen LogP contribution in [0.1, 0.15) is 0 Å². The zero-order chi connectivity index (χ0) is 13.9. The minimum atomic E-state index is -3.69. The third-order valence-electron chi connectivity index (χ3n) is 2.30. The molecule has 0 saturated carbocycles. The number of nitrogens with two attached hydrogens (primary N) is 1. The molecule has 0 heterocycles. The van der Waals surface area contributed by atoms with Gasteiger partial charge in [-0.1, -0.05) is 0 Å². The Morgan fingerprint density at radius 2 is 2.11 bits per heavy atom. The van der Waals surface area contributed by atoms with Crippen molar-refractivity contribution < 1.29 is 17.6 Å². The number of likely N-dealkylation sites (N-methyl/N-ethyl adjacent to an activating group) is 1. The Morgan fingerprint density at radius 1 is 1.50 bits per heavy atom. The molecule has 1 aromatic carbocycles. The van der Waals surface area contributed by atoms with Gasteiger partial charge < -0.3 is 10.6 Å². The molecule has 1 amide bonds. The molecule has 6 nitrogen and oxygen atoms in total. The van der Waals surface area contributed by atoms with Crippen LogP contribution in [0.3, 0.4) is 0 Å². The number of hydrogen-bond donors (Lipinski definition) is 2. The summed E-state index contributed by atoms with van der Waals surface area (Å²) in [6, 6.07) is 3.42. The second-order valence-electron chi connectivity index (χ2n) is 3.64. The average molecular weight is 275 g/mol. The summed E-state index contributed by atoms with van der Waals surface area (Å²) < 4.78 is 38.7. The minimum absolute atomic E-state index is 0.101. The van der Waals surface area contributed by atoms with Crippen molar-refractivity contribution in [1.29, 1.82) is 0 Å². The van der Waals surface area contributed by atoms with E-state index in [0.717, 1.165) is 6.07 Å². The summed E-state index contributed by atoms with van der Waals surface area (Å²) in [4.78, 5) is 11.8. The molecule has 1 rings (SSSR count). The summed E-state index contributed by atoms with van der Waals surface area (Å²) >= 11 is 0. The fourth-order valence-electron chi connectivity index (χ4n) is 1.40. The van der Waals surface area contributed by atoms with E-state index in [-0.39, 0.29) is 17.1 Å². The van der Waals surface area contributed by atoms with Crippen molar-refractivity contribution in [1.82, 2.24) is 4.72 Å². The van der Waals surface area contributed by atoms with Gasteiger partial charge in [0.05, 0.1) is 17.1 Å². The van der Waals surface area contributed by atoms with E-state index in [1.807, 2.05) is 0 Å². The number of hydrogen-bond acceptors (Lipinski definition) is 4.